The highest BCUT2D eigenvalue weighted by Gasteiger charge is 2.36. The Morgan fingerprint density at radius 2 is 1.81 bits per heavy atom. The van der Waals surface area contributed by atoms with Gasteiger partial charge >= 0.3 is 12.0 Å². The van der Waals surface area contributed by atoms with Crippen LogP contribution >= 0.6 is 0 Å². The summed E-state index contributed by atoms with van der Waals surface area (Å²) in [6, 6.07) is 7.49. The third-order valence-electron chi connectivity index (χ3n) is 5.55. The average Bonchev–Trinajstić information content (AvgIpc) is 3.02. The molecule has 2 amide bonds. The fourth-order valence-corrected chi connectivity index (χ4v) is 4.03. The summed E-state index contributed by atoms with van der Waals surface area (Å²) in [6.07, 6.45) is 4.87. The summed E-state index contributed by atoms with van der Waals surface area (Å²) in [5.41, 5.74) is 6.96. The Labute approximate surface area is 153 Å². The molecule has 7 nitrogen and oxygen atoms in total. The van der Waals surface area contributed by atoms with Gasteiger partial charge in [0.25, 0.3) is 0 Å². The number of carboxylic acid groups (broad SMARTS) is 1. The Balaban J connectivity index is 1.56. The van der Waals surface area contributed by atoms with Crippen LogP contribution in [0.25, 0.3) is 0 Å². The monoisotopic (exact) mass is 358 g/mol. The minimum absolute atomic E-state index is 0.0191. The third kappa shape index (κ3) is 3.98. The molecule has 1 saturated heterocycles. The molecule has 0 atom stereocenters. The van der Waals surface area contributed by atoms with Crippen molar-refractivity contribution in [1.29, 1.82) is 5.41 Å². The maximum absolute atomic E-state index is 12.8. The van der Waals surface area contributed by atoms with Crippen LogP contribution in [0.2, 0.25) is 0 Å². The molecule has 3 rings (SSSR count). The van der Waals surface area contributed by atoms with Crippen molar-refractivity contribution < 1.29 is 14.7 Å². The minimum atomic E-state index is -0.728. The highest BCUT2D eigenvalue weighted by molar-refractivity contribution is 5.97. The number of urea groups is 1. The first kappa shape index (κ1) is 18.2. The third-order valence-corrected chi connectivity index (χ3v) is 5.55. The van der Waals surface area contributed by atoms with Gasteiger partial charge in [0.2, 0.25) is 0 Å². The highest BCUT2D eigenvalue weighted by Crippen LogP contribution is 2.33. The second-order valence-electron chi connectivity index (χ2n) is 7.20. The van der Waals surface area contributed by atoms with Gasteiger partial charge in [0.05, 0.1) is 0 Å². The molecule has 2 aliphatic rings. The lowest BCUT2D eigenvalue weighted by Gasteiger charge is -2.34. The SMILES string of the molecule is N=C(N)c1ccc(N2CCN(C3CCC(CCC(=O)O)CC3)C2=O)cc1. The van der Waals surface area contributed by atoms with Gasteiger partial charge in [0, 0.05) is 36.8 Å². The van der Waals surface area contributed by atoms with Crippen LogP contribution < -0.4 is 10.6 Å². The van der Waals surface area contributed by atoms with Crippen LogP contribution in [0.15, 0.2) is 24.3 Å². The Morgan fingerprint density at radius 1 is 1.15 bits per heavy atom. The minimum Gasteiger partial charge on any atom is -0.481 e. The van der Waals surface area contributed by atoms with E-state index in [-0.39, 0.29) is 24.3 Å². The fraction of sp³-hybridized carbons (Fsp3) is 0.526. The number of nitrogens with zero attached hydrogens (tertiary/aromatic N) is 2. The van der Waals surface area contributed by atoms with E-state index >= 15 is 0 Å². The molecule has 1 heterocycles. The summed E-state index contributed by atoms with van der Waals surface area (Å²) in [5.74, 6) is -0.242. The van der Waals surface area contributed by atoms with Gasteiger partial charge in [-0.3, -0.25) is 15.1 Å². The maximum atomic E-state index is 12.8. The smallest absolute Gasteiger partial charge is 0.324 e. The van der Waals surface area contributed by atoms with Crippen LogP contribution in [-0.4, -0.2) is 47.0 Å². The van der Waals surface area contributed by atoms with Crippen molar-refractivity contribution in [3.05, 3.63) is 29.8 Å². The number of carbonyl (C=O) groups excluding carboxylic acids is 1. The Bertz CT molecular complexity index is 681. The van der Waals surface area contributed by atoms with E-state index in [1.165, 1.54) is 0 Å². The zero-order chi connectivity index (χ0) is 18.7. The number of anilines is 1. The van der Waals surface area contributed by atoms with E-state index in [2.05, 4.69) is 0 Å². The number of carbonyl (C=O) groups is 2. The van der Waals surface area contributed by atoms with Gasteiger partial charge in [-0.25, -0.2) is 4.79 Å². The lowest BCUT2D eigenvalue weighted by Crippen LogP contribution is -2.41. The van der Waals surface area contributed by atoms with Crippen LogP contribution in [0.5, 0.6) is 0 Å². The quantitative estimate of drug-likeness (QED) is 0.536. The van der Waals surface area contributed by atoms with E-state index in [4.69, 9.17) is 16.2 Å². The molecule has 1 aliphatic carbocycles. The first-order chi connectivity index (χ1) is 12.5. The molecule has 0 bridgehead atoms. The predicted octanol–water partition coefficient (Wildman–Crippen LogP) is 2.64. The summed E-state index contributed by atoms with van der Waals surface area (Å²) in [7, 11) is 0. The molecule has 4 N–H and O–H groups in total. The van der Waals surface area contributed by atoms with Crippen molar-refractivity contribution in [3.63, 3.8) is 0 Å². The van der Waals surface area contributed by atoms with Crippen molar-refractivity contribution in [2.45, 2.75) is 44.6 Å². The molecule has 2 fully saturated rings. The normalized spacial score (nSPS) is 23.3. The standard InChI is InChI=1S/C19H26N4O3/c20-18(21)14-4-8-16(9-5-14)23-12-11-22(19(23)26)15-6-1-13(2-7-15)3-10-17(24)25/h4-5,8-9,13,15H,1-3,6-7,10-12H2,(H3,20,21)(H,24,25). The van der Waals surface area contributed by atoms with E-state index in [0.29, 0.717) is 18.0 Å². The molecule has 7 heteroatoms. The van der Waals surface area contributed by atoms with Crippen molar-refractivity contribution in [1.82, 2.24) is 4.90 Å². The molecular formula is C19H26N4O3. The Hall–Kier alpha value is -2.57. The number of benzene rings is 1. The maximum Gasteiger partial charge on any atom is 0.324 e. The summed E-state index contributed by atoms with van der Waals surface area (Å²) in [5, 5.41) is 16.3. The van der Waals surface area contributed by atoms with Crippen molar-refractivity contribution in [3.8, 4) is 0 Å². The number of amides is 2. The molecule has 0 aromatic heterocycles. The molecule has 1 aromatic rings. The molecule has 26 heavy (non-hydrogen) atoms. The molecule has 0 radical (unpaired) electrons. The highest BCUT2D eigenvalue weighted by atomic mass is 16.4. The van der Waals surface area contributed by atoms with Gasteiger partial charge in [0.1, 0.15) is 5.84 Å². The first-order valence-corrected chi connectivity index (χ1v) is 9.20. The van der Waals surface area contributed by atoms with Gasteiger partial charge < -0.3 is 15.7 Å². The van der Waals surface area contributed by atoms with Crippen molar-refractivity contribution in [2.75, 3.05) is 18.0 Å². The molecular weight excluding hydrogens is 332 g/mol. The van der Waals surface area contributed by atoms with E-state index in [1.807, 2.05) is 17.0 Å². The zero-order valence-corrected chi connectivity index (χ0v) is 14.9. The van der Waals surface area contributed by atoms with E-state index in [9.17, 15) is 9.59 Å². The molecule has 140 valence electrons. The van der Waals surface area contributed by atoms with Crippen LogP contribution in [0.1, 0.15) is 44.1 Å². The number of hydrogen-bond donors (Lipinski definition) is 3. The summed E-state index contributed by atoms with van der Waals surface area (Å²) in [4.78, 5) is 27.3. The van der Waals surface area contributed by atoms with Crippen molar-refractivity contribution in [2.24, 2.45) is 11.7 Å². The number of nitrogens with two attached hydrogens (primary N) is 1. The van der Waals surface area contributed by atoms with Crippen LogP contribution in [0.4, 0.5) is 10.5 Å². The van der Waals surface area contributed by atoms with Crippen molar-refractivity contribution >= 4 is 23.5 Å². The summed E-state index contributed by atoms with van der Waals surface area (Å²) >= 11 is 0. The predicted molar refractivity (Wildman–Crippen MR) is 99.5 cm³/mol. The van der Waals surface area contributed by atoms with Crippen LogP contribution in [-0.2, 0) is 4.79 Å². The first-order valence-electron chi connectivity index (χ1n) is 9.20. The molecule has 1 aliphatic heterocycles. The van der Waals surface area contributed by atoms with E-state index in [1.54, 1.807) is 17.0 Å². The number of aliphatic carboxylic acids is 1. The molecule has 0 unspecified atom stereocenters. The van der Waals surface area contributed by atoms with Crippen LogP contribution in [0.3, 0.4) is 0 Å². The summed E-state index contributed by atoms with van der Waals surface area (Å²) < 4.78 is 0. The van der Waals surface area contributed by atoms with Gasteiger partial charge in [-0.2, -0.15) is 0 Å². The zero-order valence-electron chi connectivity index (χ0n) is 14.9. The average molecular weight is 358 g/mol. The fourth-order valence-electron chi connectivity index (χ4n) is 4.03. The number of rotatable bonds is 6. The number of hydrogen-bond acceptors (Lipinski definition) is 3. The Morgan fingerprint density at radius 3 is 2.38 bits per heavy atom. The largest absolute Gasteiger partial charge is 0.481 e. The molecule has 1 saturated carbocycles. The molecule has 0 spiro atoms. The number of amidine groups is 1. The van der Waals surface area contributed by atoms with Crippen LogP contribution in [0, 0.1) is 11.3 Å². The summed E-state index contributed by atoms with van der Waals surface area (Å²) in [6.45, 7) is 1.38. The van der Waals surface area contributed by atoms with Gasteiger partial charge in [-0.15, -0.1) is 0 Å². The number of carboxylic acids is 1. The lowest BCUT2D eigenvalue weighted by atomic mass is 9.83. The molecule has 1 aromatic carbocycles. The van der Waals surface area contributed by atoms with Gasteiger partial charge in [-0.05, 0) is 62.3 Å². The van der Waals surface area contributed by atoms with Gasteiger partial charge in [0.15, 0.2) is 0 Å². The van der Waals surface area contributed by atoms with E-state index < -0.39 is 5.97 Å². The second-order valence-corrected chi connectivity index (χ2v) is 7.20. The Kier molecular flexibility index (Phi) is 5.44. The number of nitrogen functional groups attached to an aromatic ring is 1. The van der Waals surface area contributed by atoms with E-state index in [0.717, 1.165) is 44.3 Å². The topological polar surface area (TPSA) is 111 Å². The number of nitrogens with one attached hydrogen (secondary N) is 1. The lowest BCUT2D eigenvalue weighted by molar-refractivity contribution is -0.137. The van der Waals surface area contributed by atoms with Gasteiger partial charge in [-0.1, -0.05) is 0 Å². The second kappa shape index (κ2) is 7.76.